The summed E-state index contributed by atoms with van der Waals surface area (Å²) in [5.41, 5.74) is 7.27. The van der Waals surface area contributed by atoms with Crippen LogP contribution in [0.4, 0.5) is 10.2 Å². The molecule has 34 heavy (non-hydrogen) atoms. The summed E-state index contributed by atoms with van der Waals surface area (Å²) in [6, 6.07) is 2.57. The van der Waals surface area contributed by atoms with E-state index in [1.54, 1.807) is 0 Å². The fourth-order valence-corrected chi connectivity index (χ4v) is 6.01. The molecule has 9 heteroatoms. The number of nitrogens with two attached hydrogens (primary N) is 1. The fourth-order valence-electron chi connectivity index (χ4n) is 4.75. The Labute approximate surface area is 207 Å². The number of nitrogens with one attached hydrogen (secondary N) is 1. The number of aromatic nitrogens is 2. The average molecular weight is 491 g/mol. The normalized spacial score (nSPS) is 25.7. The quantitative estimate of drug-likeness (QED) is 0.577. The van der Waals surface area contributed by atoms with E-state index >= 15 is 0 Å². The molecule has 3 N–H and O–H groups in total. The number of piperazine rings is 1. The van der Waals surface area contributed by atoms with Crippen molar-refractivity contribution >= 4 is 23.3 Å². The number of hydrogen-bond donors (Lipinski definition) is 2. The van der Waals surface area contributed by atoms with E-state index < -0.39 is 11.7 Å². The van der Waals surface area contributed by atoms with E-state index in [0.29, 0.717) is 17.4 Å². The average Bonchev–Trinajstić information content (AvgIpc) is 3.38. The zero-order valence-electron chi connectivity index (χ0n) is 21.1. The Morgan fingerprint density at radius 3 is 2.56 bits per heavy atom. The molecule has 2 aliphatic heterocycles. The molecule has 0 saturated carbocycles. The molecule has 3 unspecified atom stereocenters. The maximum Gasteiger partial charge on any atom is 0.162 e. The molecule has 2 fully saturated rings. The Bertz CT molecular complexity index is 906. The number of anilines is 1. The molecule has 4 rings (SSSR count). The molecule has 2 saturated heterocycles. The van der Waals surface area contributed by atoms with Crippen LogP contribution in [0, 0.1) is 17.2 Å². The van der Waals surface area contributed by atoms with Crippen LogP contribution in [0.3, 0.4) is 0 Å². The van der Waals surface area contributed by atoms with Crippen molar-refractivity contribution in [2.75, 3.05) is 42.6 Å². The summed E-state index contributed by atoms with van der Waals surface area (Å²) in [4.78, 5) is 13.7. The van der Waals surface area contributed by atoms with Crippen molar-refractivity contribution in [1.82, 2.24) is 14.9 Å². The first-order valence-electron chi connectivity index (χ1n) is 12.4. The van der Waals surface area contributed by atoms with Crippen LogP contribution in [0.5, 0.6) is 0 Å². The van der Waals surface area contributed by atoms with Crippen molar-refractivity contribution in [2.24, 2.45) is 17.6 Å². The standard InChI is InChI=1S/C23H33FN6OS.C2H6/c1-14(2)31-23-15(3)21(18(25)10-17(23)24)22(26)19-11-20(28-13-27-19)30-7-5-29(6-8-30)16-4-9-32-12-16;1-2/h10-11,13-16,21,26H,4-9,12,25H2,1-3H3;1-2H3. The molecule has 1 aromatic rings. The van der Waals surface area contributed by atoms with Crippen LogP contribution in [0.15, 0.2) is 35.8 Å². The van der Waals surface area contributed by atoms with Gasteiger partial charge in [-0.3, -0.25) is 4.90 Å². The van der Waals surface area contributed by atoms with Crippen molar-refractivity contribution in [1.29, 1.82) is 5.41 Å². The number of halogens is 1. The highest BCUT2D eigenvalue weighted by molar-refractivity contribution is 7.99. The maximum atomic E-state index is 14.5. The summed E-state index contributed by atoms with van der Waals surface area (Å²) in [7, 11) is 0. The van der Waals surface area contributed by atoms with E-state index in [4.69, 9.17) is 15.9 Å². The Hall–Kier alpha value is -2.13. The van der Waals surface area contributed by atoms with Crippen molar-refractivity contribution in [3.63, 3.8) is 0 Å². The Balaban J connectivity index is 0.00000158. The molecule has 0 aromatic carbocycles. The number of rotatable bonds is 6. The molecule has 3 heterocycles. The predicted octanol–water partition coefficient (Wildman–Crippen LogP) is 4.21. The lowest BCUT2D eigenvalue weighted by Gasteiger charge is -2.38. The van der Waals surface area contributed by atoms with Crippen LogP contribution in [0.2, 0.25) is 0 Å². The van der Waals surface area contributed by atoms with Gasteiger partial charge < -0.3 is 20.8 Å². The lowest BCUT2D eigenvalue weighted by molar-refractivity contribution is 0.109. The first-order chi connectivity index (χ1) is 16.3. The minimum atomic E-state index is -0.497. The molecule has 0 radical (unpaired) electrons. The summed E-state index contributed by atoms with van der Waals surface area (Å²) in [6.45, 7) is 13.4. The molecule has 0 spiro atoms. The van der Waals surface area contributed by atoms with Gasteiger partial charge >= 0.3 is 0 Å². The molecule has 1 aromatic heterocycles. The van der Waals surface area contributed by atoms with Gasteiger partial charge in [-0.15, -0.1) is 0 Å². The predicted molar refractivity (Wildman–Crippen MR) is 139 cm³/mol. The molecule has 188 valence electrons. The van der Waals surface area contributed by atoms with Crippen LogP contribution >= 0.6 is 11.8 Å². The van der Waals surface area contributed by atoms with Gasteiger partial charge in [0.1, 0.15) is 17.9 Å². The number of ether oxygens (including phenoxy) is 1. The summed E-state index contributed by atoms with van der Waals surface area (Å²) < 4.78 is 20.2. The third-order valence-corrected chi connectivity index (χ3v) is 7.61. The van der Waals surface area contributed by atoms with E-state index in [1.807, 2.05) is 52.4 Å². The minimum Gasteiger partial charge on any atom is -0.492 e. The monoisotopic (exact) mass is 490 g/mol. The van der Waals surface area contributed by atoms with Gasteiger partial charge in [-0.05, 0) is 32.1 Å². The van der Waals surface area contributed by atoms with Gasteiger partial charge in [-0.2, -0.15) is 11.8 Å². The van der Waals surface area contributed by atoms with Gasteiger partial charge in [0.25, 0.3) is 0 Å². The Morgan fingerprint density at radius 2 is 1.94 bits per heavy atom. The Morgan fingerprint density at radius 1 is 1.24 bits per heavy atom. The maximum absolute atomic E-state index is 14.5. The topological polar surface area (TPSA) is 91.4 Å². The van der Waals surface area contributed by atoms with E-state index in [2.05, 4.69) is 19.8 Å². The molecule has 7 nitrogen and oxygen atoms in total. The molecular formula is C25H39FN6OS. The highest BCUT2D eigenvalue weighted by atomic mass is 32.2. The van der Waals surface area contributed by atoms with Gasteiger partial charge in [0.15, 0.2) is 5.83 Å². The van der Waals surface area contributed by atoms with Crippen LogP contribution < -0.4 is 10.6 Å². The van der Waals surface area contributed by atoms with E-state index in [9.17, 15) is 4.39 Å². The number of allylic oxidation sites excluding steroid dienone is 4. The van der Waals surface area contributed by atoms with Gasteiger partial charge in [0, 0.05) is 55.7 Å². The summed E-state index contributed by atoms with van der Waals surface area (Å²) in [5, 5.41) is 8.84. The van der Waals surface area contributed by atoms with Crippen molar-refractivity contribution in [3.8, 4) is 0 Å². The third-order valence-electron chi connectivity index (χ3n) is 6.46. The highest BCUT2D eigenvalue weighted by Crippen LogP contribution is 2.36. The van der Waals surface area contributed by atoms with Crippen LogP contribution in [0.1, 0.15) is 46.7 Å². The zero-order chi connectivity index (χ0) is 24.8. The second-order valence-corrected chi connectivity index (χ2v) is 10.2. The third kappa shape index (κ3) is 5.92. The largest absolute Gasteiger partial charge is 0.492 e. The van der Waals surface area contributed by atoms with Crippen molar-refractivity contribution < 1.29 is 9.13 Å². The second-order valence-electron chi connectivity index (χ2n) is 9.01. The van der Waals surface area contributed by atoms with E-state index in [1.165, 1.54) is 30.3 Å². The fraction of sp³-hybridized carbons (Fsp3) is 0.640. The van der Waals surface area contributed by atoms with Crippen molar-refractivity contribution in [2.45, 2.75) is 53.2 Å². The molecule has 0 bridgehead atoms. The van der Waals surface area contributed by atoms with Crippen LogP contribution in [-0.2, 0) is 4.74 Å². The molecular weight excluding hydrogens is 451 g/mol. The number of thioether (sulfide) groups is 1. The van der Waals surface area contributed by atoms with E-state index in [-0.39, 0.29) is 23.5 Å². The van der Waals surface area contributed by atoms with Gasteiger partial charge in [0.05, 0.1) is 23.4 Å². The minimum absolute atomic E-state index is 0.159. The van der Waals surface area contributed by atoms with Crippen LogP contribution in [-0.4, -0.2) is 70.4 Å². The van der Waals surface area contributed by atoms with Gasteiger partial charge in [0.2, 0.25) is 0 Å². The summed E-state index contributed by atoms with van der Waals surface area (Å²) >= 11 is 2.05. The second kappa shape index (κ2) is 12.0. The van der Waals surface area contributed by atoms with E-state index in [0.717, 1.165) is 32.0 Å². The van der Waals surface area contributed by atoms with Gasteiger partial charge in [-0.25, -0.2) is 14.4 Å². The Kier molecular flexibility index (Phi) is 9.36. The number of nitrogens with zero attached hydrogens (tertiary/aromatic N) is 4. The zero-order valence-corrected chi connectivity index (χ0v) is 21.9. The molecule has 3 aliphatic rings. The molecule has 1 aliphatic carbocycles. The summed E-state index contributed by atoms with van der Waals surface area (Å²) in [5.74, 6) is 2.23. The summed E-state index contributed by atoms with van der Waals surface area (Å²) in [6.07, 6.45) is 3.91. The first-order valence-corrected chi connectivity index (χ1v) is 13.5. The first kappa shape index (κ1) is 26.5. The molecule has 3 atom stereocenters. The smallest absolute Gasteiger partial charge is 0.162 e. The highest BCUT2D eigenvalue weighted by Gasteiger charge is 2.36. The van der Waals surface area contributed by atoms with Gasteiger partial charge in [-0.1, -0.05) is 20.8 Å². The van der Waals surface area contributed by atoms with Crippen LogP contribution in [0.25, 0.3) is 0 Å². The lowest BCUT2D eigenvalue weighted by Crippen LogP contribution is -2.50. The van der Waals surface area contributed by atoms with Crippen molar-refractivity contribution in [3.05, 3.63) is 41.4 Å². The number of hydrogen-bond acceptors (Lipinski definition) is 8. The lowest BCUT2D eigenvalue weighted by atomic mass is 9.80. The SMILES string of the molecule is CC.CC(C)OC1=C(F)C=C(N)C(C(=N)c2cc(N3CCN(C4CCSC4)CC3)ncn2)C1C. The molecule has 0 amide bonds.